The number of benzene rings is 1. The van der Waals surface area contributed by atoms with Crippen LogP contribution in [-0.2, 0) is 0 Å². The Morgan fingerprint density at radius 2 is 2.19 bits per heavy atom. The highest BCUT2D eigenvalue weighted by atomic mass is 79.9. The van der Waals surface area contributed by atoms with Crippen LogP contribution in [0, 0.1) is 0 Å². The molecule has 0 aliphatic heterocycles. The van der Waals surface area contributed by atoms with Gasteiger partial charge in [0.15, 0.2) is 0 Å². The average molecular weight is 303 g/mol. The van der Waals surface area contributed by atoms with Crippen molar-refractivity contribution in [2.24, 2.45) is 0 Å². The van der Waals surface area contributed by atoms with E-state index in [4.69, 9.17) is 5.73 Å². The summed E-state index contributed by atoms with van der Waals surface area (Å²) in [4.78, 5) is 2.27. The average Bonchev–Trinajstić information content (AvgIpc) is 2.28. The van der Waals surface area contributed by atoms with Crippen LogP contribution in [0.25, 0.3) is 0 Å². The van der Waals surface area contributed by atoms with E-state index in [9.17, 15) is 0 Å². The fourth-order valence-corrected chi connectivity index (χ4v) is 2.91. The van der Waals surface area contributed by atoms with Gasteiger partial charge in [-0.2, -0.15) is 11.8 Å². The maximum Gasteiger partial charge on any atom is 0.0611 e. The van der Waals surface area contributed by atoms with Gasteiger partial charge in [-0.25, -0.2) is 0 Å². The lowest BCUT2D eigenvalue weighted by Crippen LogP contribution is -2.33. The molecule has 90 valence electrons. The summed E-state index contributed by atoms with van der Waals surface area (Å²) in [5.41, 5.74) is 7.95. The van der Waals surface area contributed by atoms with Crippen LogP contribution in [-0.4, -0.2) is 25.1 Å². The Labute approximate surface area is 111 Å². The van der Waals surface area contributed by atoms with Gasteiger partial charge in [-0.15, -0.1) is 0 Å². The standard InChI is InChI=1S/C12H19BrN2S/c1-4-10(8-16-3)15(2)12-7-9(13)5-6-11(12)14/h5-7,10H,4,8,14H2,1-3H3. The van der Waals surface area contributed by atoms with Crippen LogP contribution in [0.15, 0.2) is 22.7 Å². The summed E-state index contributed by atoms with van der Waals surface area (Å²) in [5.74, 6) is 1.12. The molecule has 0 heterocycles. The van der Waals surface area contributed by atoms with Crippen molar-refractivity contribution < 1.29 is 0 Å². The van der Waals surface area contributed by atoms with Crippen molar-refractivity contribution in [2.75, 3.05) is 29.7 Å². The van der Waals surface area contributed by atoms with Crippen LogP contribution in [0.5, 0.6) is 0 Å². The highest BCUT2D eigenvalue weighted by Crippen LogP contribution is 2.28. The first kappa shape index (κ1) is 13.7. The van der Waals surface area contributed by atoms with E-state index in [0.717, 1.165) is 28.0 Å². The van der Waals surface area contributed by atoms with Crippen molar-refractivity contribution >= 4 is 39.1 Å². The van der Waals surface area contributed by atoms with E-state index in [1.54, 1.807) is 0 Å². The van der Waals surface area contributed by atoms with E-state index in [2.05, 4.69) is 47.1 Å². The number of thioether (sulfide) groups is 1. The number of anilines is 2. The molecule has 2 N–H and O–H groups in total. The molecule has 0 spiro atoms. The second-order valence-corrected chi connectivity index (χ2v) is 5.66. The normalized spacial score (nSPS) is 12.5. The minimum Gasteiger partial charge on any atom is -0.397 e. The van der Waals surface area contributed by atoms with Crippen LogP contribution in [0.2, 0.25) is 0 Å². The molecule has 0 aromatic heterocycles. The van der Waals surface area contributed by atoms with Crippen molar-refractivity contribution in [1.82, 2.24) is 0 Å². The van der Waals surface area contributed by atoms with Crippen LogP contribution in [0.1, 0.15) is 13.3 Å². The fraction of sp³-hybridized carbons (Fsp3) is 0.500. The van der Waals surface area contributed by atoms with Crippen molar-refractivity contribution in [3.8, 4) is 0 Å². The van der Waals surface area contributed by atoms with Crippen LogP contribution < -0.4 is 10.6 Å². The molecular formula is C12H19BrN2S. The minimum atomic E-state index is 0.534. The molecule has 1 aromatic rings. The van der Waals surface area contributed by atoms with E-state index < -0.39 is 0 Å². The first-order chi connectivity index (χ1) is 7.60. The van der Waals surface area contributed by atoms with Gasteiger partial charge in [-0.3, -0.25) is 0 Å². The number of rotatable bonds is 5. The molecule has 0 amide bonds. The van der Waals surface area contributed by atoms with Crippen molar-refractivity contribution in [1.29, 1.82) is 0 Å². The molecule has 0 bridgehead atoms. The third-order valence-corrected chi connectivity index (χ3v) is 3.96. The van der Waals surface area contributed by atoms with Crippen molar-refractivity contribution in [3.05, 3.63) is 22.7 Å². The predicted octanol–water partition coefficient (Wildman–Crippen LogP) is 3.61. The number of halogens is 1. The maximum atomic E-state index is 6.01. The Balaban J connectivity index is 2.93. The van der Waals surface area contributed by atoms with Gasteiger partial charge >= 0.3 is 0 Å². The van der Waals surface area contributed by atoms with Gasteiger partial charge in [0, 0.05) is 23.3 Å². The van der Waals surface area contributed by atoms with Gasteiger partial charge in [0.25, 0.3) is 0 Å². The summed E-state index contributed by atoms with van der Waals surface area (Å²) >= 11 is 5.36. The lowest BCUT2D eigenvalue weighted by atomic mass is 10.2. The van der Waals surface area contributed by atoms with Crippen LogP contribution >= 0.6 is 27.7 Å². The summed E-state index contributed by atoms with van der Waals surface area (Å²) < 4.78 is 1.07. The van der Waals surface area contributed by atoms with Gasteiger partial charge in [0.2, 0.25) is 0 Å². The first-order valence-electron chi connectivity index (χ1n) is 5.37. The summed E-state index contributed by atoms with van der Waals surface area (Å²) in [5, 5.41) is 0. The van der Waals surface area contributed by atoms with Crippen molar-refractivity contribution in [2.45, 2.75) is 19.4 Å². The molecule has 0 saturated carbocycles. The monoisotopic (exact) mass is 302 g/mol. The Morgan fingerprint density at radius 3 is 2.75 bits per heavy atom. The Hall–Kier alpha value is -0.350. The topological polar surface area (TPSA) is 29.3 Å². The molecule has 16 heavy (non-hydrogen) atoms. The predicted molar refractivity (Wildman–Crippen MR) is 79.4 cm³/mol. The first-order valence-corrected chi connectivity index (χ1v) is 7.55. The third kappa shape index (κ3) is 3.32. The fourth-order valence-electron chi connectivity index (χ4n) is 1.71. The number of nitrogen functional groups attached to an aromatic ring is 1. The number of nitrogens with two attached hydrogens (primary N) is 1. The van der Waals surface area contributed by atoms with Gasteiger partial charge in [-0.05, 0) is 30.9 Å². The molecule has 1 aromatic carbocycles. The molecular weight excluding hydrogens is 284 g/mol. The summed E-state index contributed by atoms with van der Waals surface area (Å²) in [6.45, 7) is 2.21. The number of hydrogen-bond donors (Lipinski definition) is 1. The Kier molecular flexibility index (Phi) is 5.49. The molecule has 0 fully saturated rings. The zero-order valence-corrected chi connectivity index (χ0v) is 12.4. The summed E-state index contributed by atoms with van der Waals surface area (Å²) in [7, 11) is 2.11. The van der Waals surface area contributed by atoms with E-state index in [1.165, 1.54) is 0 Å². The summed E-state index contributed by atoms with van der Waals surface area (Å²) in [6.07, 6.45) is 3.27. The third-order valence-electron chi connectivity index (χ3n) is 2.75. The smallest absolute Gasteiger partial charge is 0.0611 e. The SMILES string of the molecule is CCC(CSC)N(C)c1cc(Br)ccc1N. The Morgan fingerprint density at radius 1 is 1.50 bits per heavy atom. The lowest BCUT2D eigenvalue weighted by molar-refractivity contribution is 0.674. The maximum absolute atomic E-state index is 6.01. The molecule has 4 heteroatoms. The molecule has 1 atom stereocenters. The molecule has 0 aliphatic carbocycles. The zero-order valence-electron chi connectivity index (χ0n) is 10.0. The van der Waals surface area contributed by atoms with E-state index in [0.29, 0.717) is 6.04 Å². The number of nitrogens with zero attached hydrogens (tertiary/aromatic N) is 1. The largest absolute Gasteiger partial charge is 0.397 e. The number of hydrogen-bond acceptors (Lipinski definition) is 3. The summed E-state index contributed by atoms with van der Waals surface area (Å²) in [6, 6.07) is 6.54. The molecule has 0 radical (unpaired) electrons. The van der Waals surface area contributed by atoms with E-state index in [1.807, 2.05) is 23.9 Å². The molecule has 0 aliphatic rings. The second-order valence-electron chi connectivity index (χ2n) is 3.83. The highest BCUT2D eigenvalue weighted by molar-refractivity contribution is 9.10. The van der Waals surface area contributed by atoms with E-state index in [-0.39, 0.29) is 0 Å². The van der Waals surface area contributed by atoms with Gasteiger partial charge < -0.3 is 10.6 Å². The quantitative estimate of drug-likeness (QED) is 0.843. The Bertz CT molecular complexity index is 344. The van der Waals surface area contributed by atoms with Crippen molar-refractivity contribution in [3.63, 3.8) is 0 Å². The molecule has 2 nitrogen and oxygen atoms in total. The van der Waals surface area contributed by atoms with Gasteiger partial charge in [-0.1, -0.05) is 22.9 Å². The molecule has 1 rings (SSSR count). The van der Waals surface area contributed by atoms with E-state index >= 15 is 0 Å². The second kappa shape index (κ2) is 6.40. The van der Waals surface area contributed by atoms with Gasteiger partial charge in [0.1, 0.15) is 0 Å². The lowest BCUT2D eigenvalue weighted by Gasteiger charge is -2.30. The van der Waals surface area contributed by atoms with Gasteiger partial charge in [0.05, 0.1) is 11.4 Å². The van der Waals surface area contributed by atoms with Crippen LogP contribution in [0.3, 0.4) is 0 Å². The van der Waals surface area contributed by atoms with Crippen LogP contribution in [0.4, 0.5) is 11.4 Å². The molecule has 0 saturated heterocycles. The highest BCUT2D eigenvalue weighted by Gasteiger charge is 2.14. The molecule has 1 unspecified atom stereocenters. The minimum absolute atomic E-state index is 0.534. The zero-order chi connectivity index (χ0) is 12.1.